The molecule has 0 unspecified atom stereocenters. The number of rotatable bonds is 0. The summed E-state index contributed by atoms with van der Waals surface area (Å²) in [6.45, 7) is 0. The van der Waals surface area contributed by atoms with Crippen LogP contribution in [0.5, 0.6) is 0 Å². The first kappa shape index (κ1) is 18.2. The maximum absolute atomic E-state index is 8.63. The van der Waals surface area contributed by atoms with E-state index < -0.39 is 37.9 Å². The van der Waals surface area contributed by atoms with Gasteiger partial charge in [-0.3, -0.25) is 0 Å². The molecule has 0 aromatic heterocycles. The first-order chi connectivity index (χ1) is 4.00. The van der Waals surface area contributed by atoms with Crippen LogP contribution in [-0.2, 0) is 34.1 Å². The Bertz CT molecular complexity index is 208. The average Bonchev–Trinajstić information content (AvgIpc) is 1.12. The molecular weight excluding hydrogens is 431 g/mol. The molecule has 0 bridgehead atoms. The molecule has 0 heterocycles. The van der Waals surface area contributed by atoms with Gasteiger partial charge in [-0.05, 0) is 0 Å². The van der Waals surface area contributed by atoms with E-state index in [2.05, 4.69) is 0 Å². The smallest absolute Gasteiger partial charge is 4.00 e. The third-order valence-electron chi connectivity index (χ3n) is 0. The van der Waals surface area contributed by atoms with E-state index in [0.29, 0.717) is 0 Å². The van der Waals surface area contributed by atoms with Crippen LogP contribution in [0.1, 0.15) is 0 Å². The van der Waals surface area contributed by atoms with E-state index in [1.807, 2.05) is 0 Å². The molecule has 11 heavy (non-hydrogen) atoms. The van der Waals surface area contributed by atoms with Crippen molar-refractivity contribution in [2.24, 2.45) is 0 Å². The van der Waals surface area contributed by atoms with Gasteiger partial charge in [-0.25, -0.2) is 0 Å². The van der Waals surface area contributed by atoms with Crippen LogP contribution in [0.25, 0.3) is 0 Å². The average molecular weight is 431 g/mol. The summed E-state index contributed by atoms with van der Waals surface area (Å²) in [6, 6.07) is 0. The van der Waals surface area contributed by atoms with Gasteiger partial charge in [0.1, 0.15) is 0 Å². The largest absolute Gasteiger partial charge is 4.00 e. The predicted octanol–water partition coefficient (Wildman–Crippen LogP) is -6.00. The van der Waals surface area contributed by atoms with Crippen molar-refractivity contribution < 1.29 is 48.0 Å². The molecule has 0 saturated heterocycles. The molecule has 0 amide bonds. The summed E-state index contributed by atoms with van der Waals surface area (Å²) < 4.78 is 69.0. The SMILES string of the molecule is O=[Te](=O)([O-])[O-].O=[Te](=O)([O-])[O-].[Ti+4]. The van der Waals surface area contributed by atoms with E-state index in [1.165, 1.54) is 0 Å². The van der Waals surface area contributed by atoms with Crippen LogP contribution in [-0.4, -0.2) is 37.9 Å². The Hall–Kier alpha value is 1.33. The van der Waals surface area contributed by atoms with Gasteiger partial charge in [0, 0.05) is 0 Å². The zero-order valence-electron chi connectivity index (χ0n) is 4.58. The van der Waals surface area contributed by atoms with Crippen LogP contribution >= 0.6 is 0 Å². The standard InChI is InChI=1S/2H2O4Te.Ti/c2*1-5(2,3)4;/h2*(H2,1,2,3,4);/q;;+4/p-4. The number of hydrogen-bond acceptors (Lipinski definition) is 8. The Morgan fingerprint density at radius 2 is 0.636 bits per heavy atom. The fraction of sp³-hybridized carbons (Fsp3) is 0. The Morgan fingerprint density at radius 3 is 0.636 bits per heavy atom. The predicted molar refractivity (Wildman–Crippen MR) is 14.3 cm³/mol. The van der Waals surface area contributed by atoms with Crippen molar-refractivity contribution in [1.82, 2.24) is 0 Å². The molecule has 0 spiro atoms. The summed E-state index contributed by atoms with van der Waals surface area (Å²) in [4.78, 5) is 0. The fourth-order valence-corrected chi connectivity index (χ4v) is 0. The molecule has 0 aliphatic rings. The molecule has 0 fully saturated rings. The molecule has 0 radical (unpaired) electrons. The monoisotopic (exact) mass is 436 g/mol. The van der Waals surface area contributed by atoms with E-state index in [1.54, 1.807) is 0 Å². The van der Waals surface area contributed by atoms with Crippen molar-refractivity contribution in [3.63, 3.8) is 0 Å². The Balaban J connectivity index is -0.000000107. The van der Waals surface area contributed by atoms with E-state index >= 15 is 0 Å². The minimum Gasteiger partial charge on any atom is 4.00 e. The van der Waals surface area contributed by atoms with Gasteiger partial charge in [0.05, 0.1) is 0 Å². The summed E-state index contributed by atoms with van der Waals surface area (Å²) in [5, 5.41) is 0. The molecule has 8 nitrogen and oxygen atoms in total. The van der Waals surface area contributed by atoms with Crippen LogP contribution in [0.15, 0.2) is 0 Å². The quantitative estimate of drug-likeness (QED) is 0.343. The molecule has 11 heteroatoms. The second-order valence-corrected chi connectivity index (χ2v) is 5.48. The van der Waals surface area contributed by atoms with Crippen LogP contribution < -0.4 is 13.9 Å². The molecule has 0 saturated carbocycles. The molecule has 64 valence electrons. The van der Waals surface area contributed by atoms with Crippen molar-refractivity contribution in [3.8, 4) is 0 Å². The first-order valence-corrected chi connectivity index (χ1v) is 8.94. The third kappa shape index (κ3) is 555. The van der Waals surface area contributed by atoms with Crippen LogP contribution in [0, 0.1) is 0 Å². The van der Waals surface area contributed by atoms with Crippen molar-refractivity contribution in [2.75, 3.05) is 0 Å². The molecule has 0 aromatic rings. The van der Waals surface area contributed by atoms with Gasteiger partial charge in [0.25, 0.3) is 0 Å². The molecule has 0 N–H and O–H groups in total. The van der Waals surface area contributed by atoms with Gasteiger partial charge in [-0.1, -0.05) is 0 Å². The maximum Gasteiger partial charge on any atom is 4.00 e. The minimum atomic E-state index is -6.02. The summed E-state index contributed by atoms with van der Waals surface area (Å²) in [6.07, 6.45) is 0. The van der Waals surface area contributed by atoms with E-state index in [-0.39, 0.29) is 21.7 Å². The van der Waals surface area contributed by atoms with Gasteiger partial charge in [-0.15, -0.1) is 0 Å². The van der Waals surface area contributed by atoms with E-state index in [9.17, 15) is 0 Å². The Labute approximate surface area is 85.0 Å². The maximum atomic E-state index is 8.63. The minimum absolute atomic E-state index is 0. The zero-order valence-corrected chi connectivity index (χ0v) is 10.8. The van der Waals surface area contributed by atoms with Crippen LogP contribution in [0.4, 0.5) is 0 Å². The van der Waals surface area contributed by atoms with Gasteiger partial charge in [0.2, 0.25) is 0 Å². The van der Waals surface area contributed by atoms with Crippen molar-refractivity contribution >= 4 is 37.9 Å². The fourth-order valence-electron chi connectivity index (χ4n) is 0. The topological polar surface area (TPSA) is 161 Å². The van der Waals surface area contributed by atoms with Gasteiger partial charge < -0.3 is 0 Å². The Morgan fingerprint density at radius 1 is 0.636 bits per heavy atom. The summed E-state index contributed by atoms with van der Waals surface area (Å²) in [5.41, 5.74) is 0. The van der Waals surface area contributed by atoms with Crippen LogP contribution in [0.2, 0.25) is 0 Å². The number of hydrogen-bond donors (Lipinski definition) is 0. The van der Waals surface area contributed by atoms with Crippen molar-refractivity contribution in [1.29, 1.82) is 0 Å². The zero-order chi connectivity index (χ0) is 9.00. The molecule has 0 aliphatic heterocycles. The van der Waals surface area contributed by atoms with E-state index in [0.717, 1.165) is 0 Å². The summed E-state index contributed by atoms with van der Waals surface area (Å²) in [5.74, 6) is 0. The third-order valence-corrected chi connectivity index (χ3v) is 0. The summed E-state index contributed by atoms with van der Waals surface area (Å²) in [7, 11) is 0. The van der Waals surface area contributed by atoms with Gasteiger partial charge in [0.15, 0.2) is 0 Å². The molecule has 0 aliphatic carbocycles. The normalized spacial score (nSPS) is 10.5. The molecule has 0 atom stereocenters. The van der Waals surface area contributed by atoms with Gasteiger partial charge in [-0.2, -0.15) is 0 Å². The van der Waals surface area contributed by atoms with Crippen molar-refractivity contribution in [3.05, 3.63) is 0 Å². The molecule has 0 rings (SSSR count). The second kappa shape index (κ2) is 6.81. The van der Waals surface area contributed by atoms with Crippen LogP contribution in [0.3, 0.4) is 0 Å². The van der Waals surface area contributed by atoms with E-state index in [4.69, 9.17) is 26.3 Å². The van der Waals surface area contributed by atoms with Crippen molar-refractivity contribution in [2.45, 2.75) is 0 Å². The second-order valence-electron chi connectivity index (χ2n) is 0.816. The summed E-state index contributed by atoms with van der Waals surface area (Å²) >= 11 is -12.0. The first-order valence-electron chi connectivity index (χ1n) is 1.33. The van der Waals surface area contributed by atoms with Gasteiger partial charge >= 0.3 is 86.0 Å². The molecule has 0 aromatic carbocycles. The Kier molecular flexibility index (Phi) is 11.3. The molecular formula is O8Te2Ti.